The van der Waals surface area contributed by atoms with Crippen LogP contribution in [-0.4, -0.2) is 31.9 Å². The lowest BCUT2D eigenvalue weighted by Crippen LogP contribution is -2.51. The normalized spacial score (nSPS) is 23.3. The number of sulfonamides is 1. The van der Waals surface area contributed by atoms with Crippen LogP contribution in [0.1, 0.15) is 25.3 Å². The lowest BCUT2D eigenvalue weighted by Gasteiger charge is -2.38. The van der Waals surface area contributed by atoms with Gasteiger partial charge in [0.1, 0.15) is 0 Å². The maximum Gasteiger partial charge on any atom is 0.416 e. The highest BCUT2D eigenvalue weighted by atomic mass is 35.5. The minimum absolute atomic E-state index is 0. The zero-order chi connectivity index (χ0) is 16.5. The van der Waals surface area contributed by atoms with Gasteiger partial charge in [-0.2, -0.15) is 17.5 Å². The largest absolute Gasteiger partial charge is 0.416 e. The summed E-state index contributed by atoms with van der Waals surface area (Å²) in [5.74, 6) is 0.0827. The Hall–Kier alpha value is -0.830. The Bertz CT molecular complexity index is 637. The molecule has 132 valence electrons. The molecule has 2 unspecified atom stereocenters. The van der Waals surface area contributed by atoms with E-state index in [-0.39, 0.29) is 42.4 Å². The number of halogens is 4. The van der Waals surface area contributed by atoms with Crippen LogP contribution in [0.2, 0.25) is 0 Å². The van der Waals surface area contributed by atoms with E-state index in [0.717, 1.165) is 18.6 Å². The fraction of sp³-hybridized carbons (Fsp3) is 0.571. The molecule has 23 heavy (non-hydrogen) atoms. The van der Waals surface area contributed by atoms with Gasteiger partial charge in [0, 0.05) is 19.1 Å². The molecular formula is C14H20ClF3N2O2S. The van der Waals surface area contributed by atoms with Gasteiger partial charge in [-0.05, 0) is 37.0 Å². The summed E-state index contributed by atoms with van der Waals surface area (Å²) < 4.78 is 64.9. The Balaban J connectivity index is 0.00000264. The number of rotatable bonds is 3. The van der Waals surface area contributed by atoms with Crippen LogP contribution in [0, 0.1) is 5.92 Å². The van der Waals surface area contributed by atoms with Crippen LogP contribution in [0.3, 0.4) is 0 Å². The fourth-order valence-electron chi connectivity index (χ4n) is 2.83. The van der Waals surface area contributed by atoms with Gasteiger partial charge < -0.3 is 5.73 Å². The first-order valence-corrected chi connectivity index (χ1v) is 8.51. The Morgan fingerprint density at radius 1 is 1.35 bits per heavy atom. The van der Waals surface area contributed by atoms with E-state index < -0.39 is 21.8 Å². The van der Waals surface area contributed by atoms with Crippen molar-refractivity contribution in [3.05, 3.63) is 29.8 Å². The fourth-order valence-corrected chi connectivity index (χ4v) is 4.64. The zero-order valence-electron chi connectivity index (χ0n) is 12.6. The second-order valence-electron chi connectivity index (χ2n) is 5.56. The molecule has 1 aliphatic rings. The number of alkyl halides is 3. The molecule has 0 spiro atoms. The van der Waals surface area contributed by atoms with E-state index in [1.165, 1.54) is 10.4 Å². The SMILES string of the molecule is CC1CCCN(S(=O)(=O)c2cccc(C(F)(F)F)c2)C1CN.Cl. The van der Waals surface area contributed by atoms with Crippen molar-refractivity contribution >= 4 is 22.4 Å². The van der Waals surface area contributed by atoms with Crippen molar-refractivity contribution in [3.63, 3.8) is 0 Å². The summed E-state index contributed by atoms with van der Waals surface area (Å²) in [5, 5.41) is 0. The third kappa shape index (κ3) is 4.17. The van der Waals surface area contributed by atoms with Crippen LogP contribution in [0.5, 0.6) is 0 Å². The van der Waals surface area contributed by atoms with Gasteiger partial charge in [0.25, 0.3) is 0 Å². The molecule has 1 aliphatic heterocycles. The maximum absolute atomic E-state index is 12.8. The summed E-state index contributed by atoms with van der Waals surface area (Å²) in [6, 6.07) is 3.46. The lowest BCUT2D eigenvalue weighted by molar-refractivity contribution is -0.137. The highest BCUT2D eigenvalue weighted by Crippen LogP contribution is 2.33. The smallest absolute Gasteiger partial charge is 0.329 e. The Morgan fingerprint density at radius 2 is 2.00 bits per heavy atom. The zero-order valence-corrected chi connectivity index (χ0v) is 14.2. The van der Waals surface area contributed by atoms with Crippen LogP contribution in [0.25, 0.3) is 0 Å². The molecule has 0 radical (unpaired) electrons. The van der Waals surface area contributed by atoms with E-state index in [9.17, 15) is 21.6 Å². The van der Waals surface area contributed by atoms with E-state index in [0.29, 0.717) is 12.5 Å². The van der Waals surface area contributed by atoms with Crippen molar-refractivity contribution in [2.75, 3.05) is 13.1 Å². The first-order chi connectivity index (χ1) is 10.2. The molecule has 9 heteroatoms. The molecule has 1 aromatic rings. The Labute approximate surface area is 140 Å². The van der Waals surface area contributed by atoms with Crippen LogP contribution >= 0.6 is 12.4 Å². The monoisotopic (exact) mass is 372 g/mol. The standard InChI is InChI=1S/C14H19F3N2O2S.ClH/c1-10-4-3-7-19(13(10)9-18)22(20,21)12-6-2-5-11(8-12)14(15,16)17;/h2,5-6,8,10,13H,3-4,7,9,18H2,1H3;1H. The lowest BCUT2D eigenvalue weighted by atomic mass is 9.93. The van der Waals surface area contributed by atoms with Crippen LogP contribution in [0.15, 0.2) is 29.2 Å². The van der Waals surface area contributed by atoms with Crippen molar-refractivity contribution in [2.45, 2.75) is 36.9 Å². The Morgan fingerprint density at radius 3 is 2.57 bits per heavy atom. The van der Waals surface area contributed by atoms with Gasteiger partial charge in [0.15, 0.2) is 0 Å². The summed E-state index contributed by atoms with van der Waals surface area (Å²) >= 11 is 0. The summed E-state index contributed by atoms with van der Waals surface area (Å²) in [6.07, 6.45) is -3.04. The van der Waals surface area contributed by atoms with Crippen molar-refractivity contribution < 1.29 is 21.6 Å². The Kier molecular flexibility index (Phi) is 6.48. The van der Waals surface area contributed by atoms with E-state index in [1.807, 2.05) is 6.92 Å². The van der Waals surface area contributed by atoms with Gasteiger partial charge in [-0.3, -0.25) is 0 Å². The van der Waals surface area contributed by atoms with Crippen LogP contribution < -0.4 is 5.73 Å². The molecule has 0 amide bonds. The molecule has 0 bridgehead atoms. The predicted molar refractivity (Wildman–Crippen MR) is 83.8 cm³/mol. The average Bonchev–Trinajstić information content (AvgIpc) is 2.46. The topological polar surface area (TPSA) is 63.4 Å². The number of nitrogens with two attached hydrogens (primary N) is 1. The predicted octanol–water partition coefficient (Wildman–Crippen LogP) is 2.88. The molecule has 1 aromatic carbocycles. The molecule has 0 aromatic heterocycles. The van der Waals surface area contributed by atoms with Gasteiger partial charge in [-0.1, -0.05) is 13.0 Å². The first kappa shape index (κ1) is 20.2. The summed E-state index contributed by atoms with van der Waals surface area (Å²) in [7, 11) is -3.99. The molecule has 0 aliphatic carbocycles. The van der Waals surface area contributed by atoms with Crippen molar-refractivity contribution in [3.8, 4) is 0 Å². The average molecular weight is 373 g/mol. The molecule has 1 fully saturated rings. The maximum atomic E-state index is 12.8. The minimum atomic E-state index is -4.58. The first-order valence-electron chi connectivity index (χ1n) is 7.07. The molecule has 0 saturated carbocycles. The molecule has 1 saturated heterocycles. The third-order valence-electron chi connectivity index (χ3n) is 4.07. The molecule has 4 nitrogen and oxygen atoms in total. The minimum Gasteiger partial charge on any atom is -0.329 e. The van der Waals surface area contributed by atoms with E-state index in [1.54, 1.807) is 0 Å². The third-order valence-corrected chi connectivity index (χ3v) is 5.99. The number of piperidine rings is 1. The van der Waals surface area contributed by atoms with Crippen molar-refractivity contribution in [1.82, 2.24) is 4.31 Å². The van der Waals surface area contributed by atoms with E-state index >= 15 is 0 Å². The molecule has 2 rings (SSSR count). The molecule has 2 atom stereocenters. The van der Waals surface area contributed by atoms with Crippen LogP contribution in [-0.2, 0) is 16.2 Å². The summed E-state index contributed by atoms with van der Waals surface area (Å²) in [5.41, 5.74) is 4.70. The molecule has 1 heterocycles. The van der Waals surface area contributed by atoms with Crippen LogP contribution in [0.4, 0.5) is 13.2 Å². The quantitative estimate of drug-likeness (QED) is 0.887. The van der Waals surface area contributed by atoms with Crippen molar-refractivity contribution in [1.29, 1.82) is 0 Å². The van der Waals surface area contributed by atoms with Gasteiger partial charge >= 0.3 is 6.18 Å². The van der Waals surface area contributed by atoms with E-state index in [4.69, 9.17) is 5.73 Å². The summed E-state index contributed by atoms with van der Waals surface area (Å²) in [4.78, 5) is -0.338. The highest BCUT2D eigenvalue weighted by molar-refractivity contribution is 7.89. The van der Waals surface area contributed by atoms with E-state index in [2.05, 4.69) is 0 Å². The van der Waals surface area contributed by atoms with Gasteiger partial charge in [0.2, 0.25) is 10.0 Å². The second-order valence-corrected chi connectivity index (χ2v) is 7.45. The highest BCUT2D eigenvalue weighted by Gasteiger charge is 2.38. The molecular weight excluding hydrogens is 353 g/mol. The van der Waals surface area contributed by atoms with Gasteiger partial charge in [0.05, 0.1) is 10.5 Å². The number of nitrogens with zero attached hydrogens (tertiary/aromatic N) is 1. The van der Waals surface area contributed by atoms with Gasteiger partial charge in [-0.15, -0.1) is 12.4 Å². The van der Waals surface area contributed by atoms with Gasteiger partial charge in [-0.25, -0.2) is 8.42 Å². The summed E-state index contributed by atoms with van der Waals surface area (Å²) in [6.45, 7) is 2.34. The second kappa shape index (κ2) is 7.38. The molecule has 2 N–H and O–H groups in total. The number of hydrogen-bond donors (Lipinski definition) is 1. The number of hydrogen-bond acceptors (Lipinski definition) is 3. The van der Waals surface area contributed by atoms with Crippen molar-refractivity contribution in [2.24, 2.45) is 11.7 Å². The number of benzene rings is 1.